The molecule has 1 aromatic carbocycles. The van der Waals surface area contributed by atoms with Gasteiger partial charge in [0, 0.05) is 33.2 Å². The molecule has 5 rings (SSSR count). The average Bonchev–Trinajstić information content (AvgIpc) is 3.57. The summed E-state index contributed by atoms with van der Waals surface area (Å²) in [6, 6.07) is 5.64. The van der Waals surface area contributed by atoms with Gasteiger partial charge in [0.05, 0.1) is 13.2 Å². The third kappa shape index (κ3) is 7.74. The molecule has 1 saturated carbocycles. The number of rotatable bonds is 6. The van der Waals surface area contributed by atoms with Crippen LogP contribution in [0.1, 0.15) is 57.9 Å². The number of hydrogen-bond acceptors (Lipinski definition) is 6. The second-order valence-electron chi connectivity index (χ2n) is 12.0. The smallest absolute Gasteiger partial charge is 0.258 e. The van der Waals surface area contributed by atoms with Gasteiger partial charge in [-0.2, -0.15) is 0 Å². The van der Waals surface area contributed by atoms with Crippen molar-refractivity contribution in [3.05, 3.63) is 29.8 Å². The maximum Gasteiger partial charge on any atom is 0.258 e. The van der Waals surface area contributed by atoms with E-state index in [1.807, 2.05) is 30.9 Å². The van der Waals surface area contributed by atoms with Crippen LogP contribution in [-0.2, 0) is 30.3 Å². The first-order valence-corrected chi connectivity index (χ1v) is 14.5. The molecule has 3 heterocycles. The molecule has 0 aromatic heterocycles. The van der Waals surface area contributed by atoms with E-state index in [-0.39, 0.29) is 49.5 Å². The molecular weight excluding hydrogens is 512 g/mol. The Morgan fingerprint density at radius 2 is 1.80 bits per heavy atom. The van der Waals surface area contributed by atoms with Crippen LogP contribution in [0.15, 0.2) is 24.3 Å². The van der Waals surface area contributed by atoms with Gasteiger partial charge in [-0.3, -0.25) is 19.2 Å². The maximum atomic E-state index is 13.8. The number of benzene rings is 1. The number of nitrogens with zero attached hydrogens (tertiary/aromatic N) is 2. The summed E-state index contributed by atoms with van der Waals surface area (Å²) in [4.78, 5) is 56.8. The number of ether oxygens (including phenoxy) is 2. The van der Waals surface area contributed by atoms with E-state index in [2.05, 4.69) is 10.6 Å². The zero-order chi connectivity index (χ0) is 28.7. The Hall–Kier alpha value is -3.14. The Bertz CT molecular complexity index is 1050. The molecule has 1 saturated heterocycles. The van der Waals surface area contributed by atoms with E-state index < -0.39 is 23.9 Å². The summed E-state index contributed by atoms with van der Waals surface area (Å²) in [6.07, 6.45) is 6.45. The van der Waals surface area contributed by atoms with Crippen LogP contribution in [0.3, 0.4) is 0 Å². The SMILES string of the molecule is COCCN1CC(=O)NC(C(=O)N2CCC3(CCCC3)C2)Cc2ccc(cc2)OCC(=O)N[C@@H](CC(C)C)C1=O. The van der Waals surface area contributed by atoms with Crippen LogP contribution < -0.4 is 15.4 Å². The lowest BCUT2D eigenvalue weighted by Gasteiger charge is -2.30. The van der Waals surface area contributed by atoms with Gasteiger partial charge in [0.1, 0.15) is 17.8 Å². The Morgan fingerprint density at radius 3 is 2.48 bits per heavy atom. The van der Waals surface area contributed by atoms with Crippen LogP contribution in [0.2, 0.25) is 0 Å². The fraction of sp³-hybridized carbons (Fsp3) is 0.667. The third-order valence-electron chi connectivity index (χ3n) is 8.33. The molecule has 4 amide bonds. The molecule has 2 fully saturated rings. The lowest BCUT2D eigenvalue weighted by Crippen LogP contribution is -2.55. The van der Waals surface area contributed by atoms with E-state index in [1.54, 1.807) is 12.1 Å². The summed E-state index contributed by atoms with van der Waals surface area (Å²) < 4.78 is 10.9. The van der Waals surface area contributed by atoms with E-state index in [0.717, 1.165) is 31.4 Å². The second kappa shape index (κ2) is 13.5. The van der Waals surface area contributed by atoms with Crippen LogP contribution in [0.5, 0.6) is 5.75 Å². The summed E-state index contributed by atoms with van der Waals surface area (Å²) in [5.41, 5.74) is 1.08. The molecule has 1 spiro atoms. The highest BCUT2D eigenvalue weighted by Crippen LogP contribution is 2.45. The summed E-state index contributed by atoms with van der Waals surface area (Å²) in [6.45, 7) is 5.30. The van der Waals surface area contributed by atoms with Crippen molar-refractivity contribution in [3.63, 3.8) is 0 Å². The molecule has 220 valence electrons. The molecule has 0 radical (unpaired) electrons. The molecule has 1 unspecified atom stereocenters. The summed E-state index contributed by atoms with van der Waals surface area (Å²) >= 11 is 0. The molecule has 10 heteroatoms. The zero-order valence-electron chi connectivity index (χ0n) is 24.1. The first kappa shape index (κ1) is 29.8. The number of carbonyl (C=O) groups excluding carboxylic acids is 4. The van der Waals surface area contributed by atoms with Gasteiger partial charge < -0.3 is 29.9 Å². The average molecular weight is 557 g/mol. The van der Waals surface area contributed by atoms with E-state index in [4.69, 9.17) is 9.47 Å². The Morgan fingerprint density at radius 1 is 1.07 bits per heavy atom. The van der Waals surface area contributed by atoms with Gasteiger partial charge in [0.15, 0.2) is 6.61 Å². The highest BCUT2D eigenvalue weighted by Gasteiger charge is 2.43. The highest BCUT2D eigenvalue weighted by atomic mass is 16.5. The quantitative estimate of drug-likeness (QED) is 0.517. The molecule has 10 nitrogen and oxygen atoms in total. The van der Waals surface area contributed by atoms with Crippen LogP contribution in [0.4, 0.5) is 0 Å². The van der Waals surface area contributed by atoms with Crippen LogP contribution >= 0.6 is 0 Å². The molecule has 3 aliphatic heterocycles. The van der Waals surface area contributed by atoms with Crippen molar-refractivity contribution >= 4 is 23.6 Å². The number of amides is 4. The fourth-order valence-corrected chi connectivity index (χ4v) is 6.21. The molecule has 2 bridgehead atoms. The number of methoxy groups -OCH3 is 1. The molecule has 40 heavy (non-hydrogen) atoms. The predicted molar refractivity (Wildman–Crippen MR) is 150 cm³/mol. The van der Waals surface area contributed by atoms with Gasteiger partial charge in [-0.1, -0.05) is 38.8 Å². The third-order valence-corrected chi connectivity index (χ3v) is 8.33. The predicted octanol–water partition coefficient (Wildman–Crippen LogP) is 1.90. The monoisotopic (exact) mass is 556 g/mol. The number of likely N-dealkylation sites (tertiary alicyclic amines) is 1. The Kier molecular flexibility index (Phi) is 10.1. The number of fused-ring (bicyclic) bond motifs is 13. The van der Waals surface area contributed by atoms with Crippen LogP contribution in [0, 0.1) is 11.3 Å². The van der Waals surface area contributed by atoms with Crippen molar-refractivity contribution in [1.29, 1.82) is 0 Å². The summed E-state index contributed by atoms with van der Waals surface area (Å²) in [7, 11) is 1.53. The number of hydrogen-bond donors (Lipinski definition) is 2. The molecule has 1 aromatic rings. The van der Waals surface area contributed by atoms with Crippen molar-refractivity contribution in [2.45, 2.75) is 70.9 Å². The van der Waals surface area contributed by atoms with E-state index >= 15 is 0 Å². The van der Waals surface area contributed by atoms with Gasteiger partial charge in [0.2, 0.25) is 17.7 Å². The first-order chi connectivity index (χ1) is 19.2. The van der Waals surface area contributed by atoms with E-state index in [9.17, 15) is 19.2 Å². The van der Waals surface area contributed by atoms with Crippen molar-refractivity contribution in [1.82, 2.24) is 20.4 Å². The van der Waals surface area contributed by atoms with Crippen LogP contribution in [0.25, 0.3) is 0 Å². The molecule has 2 N–H and O–H groups in total. The Labute approximate surface area is 237 Å². The molecule has 2 atom stereocenters. The van der Waals surface area contributed by atoms with Gasteiger partial charge in [-0.15, -0.1) is 0 Å². The minimum atomic E-state index is -0.819. The summed E-state index contributed by atoms with van der Waals surface area (Å²) in [5.74, 6) is -0.651. The lowest BCUT2D eigenvalue weighted by molar-refractivity contribution is -0.141. The minimum Gasteiger partial charge on any atom is -0.484 e. The van der Waals surface area contributed by atoms with Gasteiger partial charge in [-0.05, 0) is 54.7 Å². The largest absolute Gasteiger partial charge is 0.484 e. The van der Waals surface area contributed by atoms with Crippen molar-refractivity contribution in [3.8, 4) is 5.75 Å². The minimum absolute atomic E-state index is 0.0849. The van der Waals surface area contributed by atoms with Crippen molar-refractivity contribution in [2.75, 3.05) is 46.5 Å². The van der Waals surface area contributed by atoms with Gasteiger partial charge >= 0.3 is 0 Å². The summed E-state index contributed by atoms with van der Waals surface area (Å²) in [5, 5.41) is 5.74. The van der Waals surface area contributed by atoms with Gasteiger partial charge in [0.25, 0.3) is 5.91 Å². The normalized spacial score (nSPS) is 23.9. The second-order valence-corrected chi connectivity index (χ2v) is 12.0. The Balaban J connectivity index is 1.59. The number of nitrogens with one attached hydrogen (secondary N) is 2. The van der Waals surface area contributed by atoms with E-state index in [1.165, 1.54) is 24.9 Å². The lowest BCUT2D eigenvalue weighted by atomic mass is 9.86. The molecular formula is C30H44N4O6. The molecule has 1 aliphatic carbocycles. The van der Waals surface area contributed by atoms with Crippen molar-refractivity contribution in [2.24, 2.45) is 11.3 Å². The first-order valence-electron chi connectivity index (χ1n) is 14.5. The van der Waals surface area contributed by atoms with Gasteiger partial charge in [-0.25, -0.2) is 0 Å². The highest BCUT2D eigenvalue weighted by molar-refractivity contribution is 5.93. The topological polar surface area (TPSA) is 117 Å². The fourth-order valence-electron chi connectivity index (χ4n) is 6.21. The maximum absolute atomic E-state index is 13.8. The standard InChI is InChI=1S/C30H44N4O6/c1-21(2)16-24-28(37)33(14-15-39-3)18-26(35)31-25(29(38)34-13-12-30(20-34)10-4-5-11-30)17-22-6-8-23(9-7-22)40-19-27(36)32-24/h6-9,21,24-25H,4-5,10-20H2,1-3H3,(H,31,35)(H,32,36)/t24-,25?/m0/s1. The van der Waals surface area contributed by atoms with Crippen molar-refractivity contribution < 1.29 is 28.7 Å². The zero-order valence-corrected chi connectivity index (χ0v) is 24.1. The molecule has 4 aliphatic rings. The number of carbonyl (C=O) groups is 4. The van der Waals surface area contributed by atoms with Crippen LogP contribution in [-0.4, -0.2) is 92.0 Å². The van der Waals surface area contributed by atoms with E-state index in [0.29, 0.717) is 25.1 Å².